The molecule has 1 amide bonds. The van der Waals surface area contributed by atoms with Crippen LogP contribution in [-0.4, -0.2) is 37.0 Å². The van der Waals surface area contributed by atoms with Gasteiger partial charge in [0.15, 0.2) is 0 Å². The third-order valence-corrected chi connectivity index (χ3v) is 5.92. The van der Waals surface area contributed by atoms with Gasteiger partial charge in [-0.25, -0.2) is 0 Å². The summed E-state index contributed by atoms with van der Waals surface area (Å²) in [5, 5.41) is 12.4. The summed E-state index contributed by atoms with van der Waals surface area (Å²) < 4.78 is 64.8. The van der Waals surface area contributed by atoms with Gasteiger partial charge in [0.05, 0.1) is 10.6 Å². The van der Waals surface area contributed by atoms with Crippen molar-refractivity contribution < 1.29 is 35.8 Å². The molecule has 0 aliphatic rings. The Morgan fingerprint density at radius 2 is 1.62 bits per heavy atom. The van der Waals surface area contributed by atoms with Crippen LogP contribution in [0.3, 0.4) is 0 Å². The van der Waals surface area contributed by atoms with Gasteiger partial charge in [0.1, 0.15) is 10.6 Å². The van der Waals surface area contributed by atoms with Gasteiger partial charge in [0.2, 0.25) is 0 Å². The van der Waals surface area contributed by atoms with Crippen molar-refractivity contribution in [1.82, 2.24) is 0 Å². The molecule has 29 heavy (non-hydrogen) atoms. The summed E-state index contributed by atoms with van der Waals surface area (Å²) in [7, 11) is -9.63. The van der Waals surface area contributed by atoms with E-state index in [1.54, 1.807) is 6.07 Å². The van der Waals surface area contributed by atoms with Crippen LogP contribution in [0.4, 0.5) is 5.69 Å². The number of fused-ring (bicyclic) bond motifs is 1. The summed E-state index contributed by atoms with van der Waals surface area (Å²) >= 11 is 5.85. The molecule has 0 heterocycles. The summed E-state index contributed by atoms with van der Waals surface area (Å²) in [5.74, 6) is -1.39. The van der Waals surface area contributed by atoms with E-state index in [1.165, 1.54) is 18.2 Å². The molecule has 0 aliphatic carbocycles. The Labute approximate surface area is 170 Å². The lowest BCUT2D eigenvalue weighted by Gasteiger charge is -2.14. The average Bonchev–Trinajstić information content (AvgIpc) is 2.59. The Balaban J connectivity index is 2.25. The highest BCUT2D eigenvalue weighted by molar-refractivity contribution is 7.86. The third-order valence-electron chi connectivity index (χ3n) is 3.94. The molecule has 0 saturated heterocycles. The number of halogens is 1. The van der Waals surface area contributed by atoms with Crippen molar-refractivity contribution in [2.75, 3.05) is 5.32 Å². The van der Waals surface area contributed by atoms with Gasteiger partial charge in [0.25, 0.3) is 26.1 Å². The zero-order valence-electron chi connectivity index (χ0n) is 14.2. The molecule has 0 spiro atoms. The minimum atomic E-state index is -4.83. The highest BCUT2D eigenvalue weighted by Gasteiger charge is 2.23. The van der Waals surface area contributed by atoms with E-state index in [4.69, 9.17) is 11.6 Å². The highest BCUT2D eigenvalue weighted by Crippen LogP contribution is 2.38. The van der Waals surface area contributed by atoms with Crippen molar-refractivity contribution in [2.45, 2.75) is 9.79 Å². The Kier molecular flexibility index (Phi) is 5.28. The molecule has 152 valence electrons. The first-order valence-electron chi connectivity index (χ1n) is 7.69. The summed E-state index contributed by atoms with van der Waals surface area (Å²) in [5.41, 5.74) is 0.0929. The van der Waals surface area contributed by atoms with Gasteiger partial charge in [-0.05, 0) is 36.4 Å². The second-order valence-corrected chi connectivity index (χ2v) is 9.14. The fourth-order valence-corrected chi connectivity index (χ4v) is 4.11. The standard InChI is InChI=1S/C17H12ClNO8S2/c18-10-3-1-2-9(6-10)17(21)19-13-4-5-15(29(25,26)27)12-7-11(28(22,23)24)8-14(20)16(12)13/h1-8,20H,(H,19,21)(H,22,23,24)(H,25,26,27). The summed E-state index contributed by atoms with van der Waals surface area (Å²) in [6.07, 6.45) is 0. The van der Waals surface area contributed by atoms with Crippen LogP contribution in [0, 0.1) is 0 Å². The number of amides is 1. The number of carbonyl (C=O) groups excluding carboxylic acids is 1. The molecule has 0 unspecified atom stereocenters. The fourth-order valence-electron chi connectivity index (χ4n) is 2.71. The van der Waals surface area contributed by atoms with Crippen LogP contribution in [0.25, 0.3) is 10.8 Å². The Bertz CT molecular complexity index is 1370. The number of phenols is 1. The zero-order valence-corrected chi connectivity index (χ0v) is 16.6. The minimum Gasteiger partial charge on any atom is -0.507 e. The molecular weight excluding hydrogens is 446 g/mol. The Morgan fingerprint density at radius 3 is 2.21 bits per heavy atom. The van der Waals surface area contributed by atoms with Gasteiger partial charge in [-0.15, -0.1) is 0 Å². The third kappa shape index (κ3) is 4.33. The van der Waals surface area contributed by atoms with Gasteiger partial charge in [-0.1, -0.05) is 17.7 Å². The van der Waals surface area contributed by atoms with Crippen LogP contribution < -0.4 is 5.32 Å². The van der Waals surface area contributed by atoms with E-state index in [1.807, 2.05) is 0 Å². The lowest BCUT2D eigenvalue weighted by molar-refractivity contribution is 0.102. The smallest absolute Gasteiger partial charge is 0.295 e. The van der Waals surface area contributed by atoms with Gasteiger partial charge in [-0.2, -0.15) is 16.8 Å². The van der Waals surface area contributed by atoms with Gasteiger partial charge in [0, 0.05) is 27.4 Å². The predicted molar refractivity (Wildman–Crippen MR) is 105 cm³/mol. The lowest BCUT2D eigenvalue weighted by Crippen LogP contribution is -2.13. The van der Waals surface area contributed by atoms with E-state index >= 15 is 0 Å². The van der Waals surface area contributed by atoms with Gasteiger partial charge < -0.3 is 10.4 Å². The largest absolute Gasteiger partial charge is 0.507 e. The van der Waals surface area contributed by atoms with Crippen LogP contribution >= 0.6 is 11.6 Å². The highest BCUT2D eigenvalue weighted by atomic mass is 35.5. The molecule has 4 N–H and O–H groups in total. The molecule has 3 rings (SSSR count). The average molecular weight is 458 g/mol. The normalized spacial score (nSPS) is 12.1. The van der Waals surface area contributed by atoms with Gasteiger partial charge >= 0.3 is 0 Å². The molecule has 3 aromatic carbocycles. The maximum Gasteiger partial charge on any atom is 0.295 e. The summed E-state index contributed by atoms with van der Waals surface area (Å²) in [6, 6.07) is 9.39. The molecule has 0 aromatic heterocycles. The number of benzene rings is 3. The Hall–Kier alpha value is -2.70. The van der Waals surface area contributed by atoms with Crippen molar-refractivity contribution >= 4 is 54.2 Å². The van der Waals surface area contributed by atoms with E-state index in [2.05, 4.69) is 5.32 Å². The van der Waals surface area contributed by atoms with Crippen molar-refractivity contribution in [1.29, 1.82) is 0 Å². The van der Waals surface area contributed by atoms with Gasteiger partial charge in [-0.3, -0.25) is 13.9 Å². The van der Waals surface area contributed by atoms with Crippen LogP contribution in [0.15, 0.2) is 58.3 Å². The maximum atomic E-state index is 12.5. The van der Waals surface area contributed by atoms with Crippen molar-refractivity contribution in [3.63, 3.8) is 0 Å². The van der Waals surface area contributed by atoms with Crippen molar-refractivity contribution in [3.05, 3.63) is 59.1 Å². The zero-order chi connectivity index (χ0) is 21.6. The number of carbonyl (C=O) groups is 1. The topological polar surface area (TPSA) is 158 Å². The first-order chi connectivity index (χ1) is 13.4. The van der Waals surface area contributed by atoms with E-state index in [0.29, 0.717) is 11.1 Å². The quantitative estimate of drug-likeness (QED) is 0.435. The Morgan fingerprint density at radius 1 is 0.931 bits per heavy atom. The van der Waals surface area contributed by atoms with Crippen LogP contribution in [0.5, 0.6) is 5.75 Å². The maximum absolute atomic E-state index is 12.5. The van der Waals surface area contributed by atoms with E-state index < -0.39 is 47.1 Å². The number of hydrogen-bond donors (Lipinski definition) is 4. The molecule has 3 aromatic rings. The minimum absolute atomic E-state index is 0.0724. The monoisotopic (exact) mass is 457 g/mol. The number of hydrogen-bond acceptors (Lipinski definition) is 6. The summed E-state index contributed by atoms with van der Waals surface area (Å²) in [4.78, 5) is 10.9. The van der Waals surface area contributed by atoms with Crippen LogP contribution in [-0.2, 0) is 20.2 Å². The van der Waals surface area contributed by atoms with Crippen molar-refractivity contribution in [3.8, 4) is 5.75 Å². The summed E-state index contributed by atoms with van der Waals surface area (Å²) in [6.45, 7) is 0. The van der Waals surface area contributed by atoms with E-state index in [0.717, 1.165) is 18.2 Å². The number of nitrogens with one attached hydrogen (secondary N) is 1. The molecule has 12 heteroatoms. The molecule has 0 fully saturated rings. The molecule has 0 bridgehead atoms. The first-order valence-corrected chi connectivity index (χ1v) is 11.0. The SMILES string of the molecule is O=C(Nc1ccc(S(=O)(=O)O)c2cc(S(=O)(=O)O)cc(O)c12)c1cccc(Cl)c1. The lowest BCUT2D eigenvalue weighted by atomic mass is 10.1. The molecule has 9 nitrogen and oxygen atoms in total. The first kappa shape index (κ1) is 21.0. The number of phenolic OH excluding ortho intramolecular Hbond substituents is 1. The van der Waals surface area contributed by atoms with Crippen LogP contribution in [0.2, 0.25) is 5.02 Å². The molecule has 0 aliphatic heterocycles. The molecule has 0 saturated carbocycles. The van der Waals surface area contributed by atoms with Crippen molar-refractivity contribution in [2.24, 2.45) is 0 Å². The molecular formula is C17H12ClNO8S2. The number of aromatic hydroxyl groups is 1. The van der Waals surface area contributed by atoms with Crippen LogP contribution in [0.1, 0.15) is 10.4 Å². The predicted octanol–water partition coefficient (Wildman–Crippen LogP) is 2.94. The second-order valence-electron chi connectivity index (χ2n) is 5.89. The molecule has 0 radical (unpaired) electrons. The fraction of sp³-hybridized carbons (Fsp3) is 0. The molecule has 0 atom stereocenters. The second kappa shape index (κ2) is 7.28. The number of anilines is 1. The van der Waals surface area contributed by atoms with E-state index in [9.17, 15) is 35.8 Å². The number of rotatable bonds is 4. The van der Waals surface area contributed by atoms with E-state index in [-0.39, 0.29) is 16.6 Å².